The van der Waals surface area contributed by atoms with E-state index in [1.807, 2.05) is 84.9 Å². The summed E-state index contributed by atoms with van der Waals surface area (Å²) in [6, 6.07) is 44.0. The molecule has 0 saturated heterocycles. The fraction of sp³-hybridized carbons (Fsp3) is 0.457. The third-order valence-corrected chi connectivity index (χ3v) is 15.2. The van der Waals surface area contributed by atoms with Gasteiger partial charge in [-0.05, 0) is 144 Å². The molecule has 0 N–H and O–H groups in total. The Morgan fingerprint density at radius 3 is 0.868 bits per heavy atom. The van der Waals surface area contributed by atoms with Gasteiger partial charge >= 0.3 is 11.9 Å². The van der Waals surface area contributed by atoms with Crippen molar-refractivity contribution in [2.75, 3.05) is 13.2 Å². The Morgan fingerprint density at radius 1 is 0.316 bits per heavy atom. The second kappa shape index (κ2) is 33.1. The first-order chi connectivity index (χ1) is 37.4. The molecule has 6 aromatic carbocycles. The van der Waals surface area contributed by atoms with Gasteiger partial charge in [-0.25, -0.2) is 9.59 Å². The van der Waals surface area contributed by atoms with Crippen LogP contribution in [0.15, 0.2) is 133 Å². The number of rotatable bonds is 34. The van der Waals surface area contributed by atoms with E-state index in [2.05, 4.69) is 62.4 Å². The normalized spacial score (nSPS) is 12.0. The molecule has 0 amide bonds. The lowest BCUT2D eigenvalue weighted by Crippen LogP contribution is -2.18. The van der Waals surface area contributed by atoms with Crippen molar-refractivity contribution in [1.82, 2.24) is 0 Å². The average molecular weight is 1030 g/mol. The van der Waals surface area contributed by atoms with Crippen LogP contribution in [0.5, 0.6) is 23.0 Å². The molecule has 0 heterocycles. The molecule has 0 fully saturated rings. The van der Waals surface area contributed by atoms with Gasteiger partial charge in [-0.1, -0.05) is 228 Å². The highest BCUT2D eigenvalue weighted by Crippen LogP contribution is 2.30. The summed E-state index contributed by atoms with van der Waals surface area (Å²) >= 11 is 0. The van der Waals surface area contributed by atoms with Gasteiger partial charge in [-0.2, -0.15) is 0 Å². The molecule has 4 aliphatic rings. The van der Waals surface area contributed by atoms with Crippen LogP contribution in [0, 0.1) is 0 Å². The van der Waals surface area contributed by atoms with E-state index in [0.29, 0.717) is 48.3 Å². The summed E-state index contributed by atoms with van der Waals surface area (Å²) < 4.78 is 24.3. The lowest BCUT2D eigenvalue weighted by molar-refractivity contribution is 0.0718. The zero-order chi connectivity index (χ0) is 52.8. The summed E-state index contributed by atoms with van der Waals surface area (Å²) in [5.74, 6) is 1.79. The smallest absolute Gasteiger partial charge is 0.343 e. The quantitative estimate of drug-likeness (QED) is 0.0228. The molecule has 6 heteroatoms. The van der Waals surface area contributed by atoms with Crippen molar-refractivity contribution in [3.8, 4) is 45.3 Å². The molecule has 404 valence electrons. The van der Waals surface area contributed by atoms with Crippen LogP contribution in [0.25, 0.3) is 22.3 Å². The molecule has 76 heavy (non-hydrogen) atoms. The molecule has 4 bridgehead atoms. The van der Waals surface area contributed by atoms with Crippen LogP contribution < -0.4 is 18.9 Å². The monoisotopic (exact) mass is 1020 g/mol. The minimum atomic E-state index is -0.445. The lowest BCUT2D eigenvalue weighted by atomic mass is 9.90. The topological polar surface area (TPSA) is 71.1 Å². The highest BCUT2D eigenvalue weighted by atomic mass is 16.5. The van der Waals surface area contributed by atoms with E-state index >= 15 is 0 Å². The number of ether oxygens (including phenoxy) is 4. The van der Waals surface area contributed by atoms with E-state index in [1.165, 1.54) is 152 Å². The highest BCUT2D eigenvalue weighted by Gasteiger charge is 2.23. The Bertz CT molecular complexity index is 2400. The molecule has 0 radical (unpaired) electrons. The standard InChI is InChI=1S/C70H88O6/c1-3-5-7-9-11-13-15-17-19-21-23-25-51-73-63-43-35-57(36-44-63)59-39-47-65(48-40-59)75-69(71)67-53-62-34-32-56-29-27-55(28-30-56)31-33-61(67)54-68(62)70(72)76-66-49-41-60(42-50-66)58-37-45-64(46-38-58)74-52-26-24-22-20-18-16-14-12-10-8-6-4-2/h27-30,35-50,53-54H,3-26,31-34,51-52H2,1-2H3. The van der Waals surface area contributed by atoms with Crippen molar-refractivity contribution >= 4 is 11.9 Å². The number of unbranched alkanes of at least 4 members (excludes halogenated alkanes) is 22. The van der Waals surface area contributed by atoms with Crippen molar-refractivity contribution in [2.45, 2.75) is 194 Å². The molecule has 0 spiro atoms. The molecule has 0 atom stereocenters. The molecule has 0 aliphatic heterocycles. The zero-order valence-electron chi connectivity index (χ0n) is 46.4. The molecule has 0 aromatic heterocycles. The Morgan fingerprint density at radius 2 is 0.579 bits per heavy atom. The summed E-state index contributed by atoms with van der Waals surface area (Å²) in [5.41, 5.74) is 8.94. The predicted octanol–water partition coefficient (Wildman–Crippen LogP) is 19.5. The lowest BCUT2D eigenvalue weighted by Gasteiger charge is -2.17. The first kappa shape index (κ1) is 57.6. The Labute approximate surface area is 457 Å². The largest absolute Gasteiger partial charge is 0.494 e. The van der Waals surface area contributed by atoms with Gasteiger partial charge in [0.25, 0.3) is 0 Å². The number of carbonyl (C=O) groups excluding carboxylic acids is 2. The number of hydrogen-bond donors (Lipinski definition) is 0. The predicted molar refractivity (Wildman–Crippen MR) is 315 cm³/mol. The van der Waals surface area contributed by atoms with E-state index in [4.69, 9.17) is 18.9 Å². The third kappa shape index (κ3) is 19.8. The zero-order valence-corrected chi connectivity index (χ0v) is 46.4. The molecular formula is C70H88O6. The summed E-state index contributed by atoms with van der Waals surface area (Å²) in [6.45, 7) is 6.03. The summed E-state index contributed by atoms with van der Waals surface area (Å²) in [7, 11) is 0. The van der Waals surface area contributed by atoms with Crippen molar-refractivity contribution in [3.05, 3.63) is 167 Å². The van der Waals surface area contributed by atoms with Crippen LogP contribution in [-0.2, 0) is 25.7 Å². The first-order valence-electron chi connectivity index (χ1n) is 29.8. The van der Waals surface area contributed by atoms with Crippen molar-refractivity contribution in [1.29, 1.82) is 0 Å². The van der Waals surface area contributed by atoms with Crippen LogP contribution in [0.1, 0.15) is 211 Å². The van der Waals surface area contributed by atoms with E-state index in [-0.39, 0.29) is 0 Å². The molecule has 6 nitrogen and oxygen atoms in total. The van der Waals surface area contributed by atoms with Crippen molar-refractivity contribution in [2.24, 2.45) is 0 Å². The molecular weight excluding hydrogens is 937 g/mol. The second-order valence-electron chi connectivity index (χ2n) is 21.3. The molecule has 0 unspecified atom stereocenters. The van der Waals surface area contributed by atoms with Gasteiger partial charge in [0, 0.05) is 0 Å². The molecule has 0 saturated carbocycles. The number of aryl methyl sites for hydroxylation is 4. The minimum absolute atomic E-state index is 0.445. The summed E-state index contributed by atoms with van der Waals surface area (Å²) in [4.78, 5) is 28.2. The van der Waals surface area contributed by atoms with Gasteiger partial charge in [0.15, 0.2) is 0 Å². The fourth-order valence-electron chi connectivity index (χ4n) is 10.4. The molecule has 4 aliphatic carbocycles. The van der Waals surface area contributed by atoms with E-state index in [9.17, 15) is 9.59 Å². The Balaban J connectivity index is 0.881. The maximum atomic E-state index is 14.1. The SMILES string of the molecule is CCCCCCCCCCCCCCOc1ccc(-c2ccc(OC(=O)c3cc4c(C(=O)Oc5ccc(-c6ccc(OCCCCCCCCCCCCCC)cc6)cc5)cc3CCc3ccc(cc3)CC4)cc2)cc1. The van der Waals surface area contributed by atoms with Gasteiger partial charge in [0.05, 0.1) is 24.3 Å². The van der Waals surface area contributed by atoms with E-state index < -0.39 is 11.9 Å². The Kier molecular flexibility index (Phi) is 25.1. The van der Waals surface area contributed by atoms with Crippen molar-refractivity contribution in [3.63, 3.8) is 0 Å². The maximum Gasteiger partial charge on any atom is 0.343 e. The van der Waals surface area contributed by atoms with Gasteiger partial charge in [-0.3, -0.25) is 0 Å². The summed E-state index contributed by atoms with van der Waals surface area (Å²) in [6.07, 6.45) is 34.4. The minimum Gasteiger partial charge on any atom is -0.494 e. The van der Waals surface area contributed by atoms with Crippen LogP contribution >= 0.6 is 0 Å². The third-order valence-electron chi connectivity index (χ3n) is 15.2. The van der Waals surface area contributed by atoms with Crippen molar-refractivity contribution < 1.29 is 28.5 Å². The highest BCUT2D eigenvalue weighted by molar-refractivity contribution is 5.98. The number of esters is 2. The molecule has 6 aromatic rings. The van der Waals surface area contributed by atoms with Crippen LogP contribution in [0.3, 0.4) is 0 Å². The molecule has 10 rings (SSSR count). The van der Waals surface area contributed by atoms with Crippen LogP contribution in [-0.4, -0.2) is 25.2 Å². The van der Waals surface area contributed by atoms with Gasteiger partial charge in [-0.15, -0.1) is 0 Å². The van der Waals surface area contributed by atoms with Crippen LogP contribution in [0.4, 0.5) is 0 Å². The number of hydrogen-bond acceptors (Lipinski definition) is 6. The van der Waals surface area contributed by atoms with Gasteiger partial charge < -0.3 is 18.9 Å². The van der Waals surface area contributed by atoms with Gasteiger partial charge in [0.1, 0.15) is 23.0 Å². The summed E-state index contributed by atoms with van der Waals surface area (Å²) in [5, 5.41) is 0. The average Bonchev–Trinajstić information content (AvgIpc) is 3.45. The van der Waals surface area contributed by atoms with Crippen LogP contribution in [0.2, 0.25) is 0 Å². The number of benzene rings is 6. The Hall–Kier alpha value is -6.14. The maximum absolute atomic E-state index is 14.1. The second-order valence-corrected chi connectivity index (χ2v) is 21.3. The van der Waals surface area contributed by atoms with Gasteiger partial charge in [0.2, 0.25) is 0 Å². The van der Waals surface area contributed by atoms with E-state index in [1.54, 1.807) is 0 Å². The number of carbonyl (C=O) groups is 2. The van der Waals surface area contributed by atoms with E-state index in [0.717, 1.165) is 70.9 Å². The fourth-order valence-corrected chi connectivity index (χ4v) is 10.4. The first-order valence-corrected chi connectivity index (χ1v) is 29.8.